The summed E-state index contributed by atoms with van der Waals surface area (Å²) in [6.07, 6.45) is 1.21. The lowest BCUT2D eigenvalue weighted by atomic mass is 10.0. The van der Waals surface area contributed by atoms with E-state index < -0.39 is 5.97 Å². The molecule has 0 spiro atoms. The zero-order valence-corrected chi connectivity index (χ0v) is 16.4. The number of amides is 1. The summed E-state index contributed by atoms with van der Waals surface area (Å²) in [5.74, 6) is -0.0836. The Morgan fingerprint density at radius 3 is 2.71 bits per heavy atom. The molecule has 1 aliphatic rings. The van der Waals surface area contributed by atoms with Crippen LogP contribution in [0.25, 0.3) is 0 Å². The number of amidine groups is 1. The van der Waals surface area contributed by atoms with Crippen molar-refractivity contribution in [2.45, 2.75) is 45.6 Å². The molecule has 152 valence electrons. The maximum atomic E-state index is 11.8. The molecule has 0 aliphatic carbocycles. The monoisotopic (exact) mass is 388 g/mol. The molecule has 28 heavy (non-hydrogen) atoms. The highest BCUT2D eigenvalue weighted by Gasteiger charge is 2.24. The fraction of sp³-hybridized carbons (Fsp3) is 0.500. The molecular weight excluding hydrogens is 360 g/mol. The number of benzene rings is 1. The smallest absolute Gasteiger partial charge is 0.305 e. The van der Waals surface area contributed by atoms with Gasteiger partial charge in [-0.15, -0.1) is 0 Å². The Morgan fingerprint density at radius 2 is 2.07 bits per heavy atom. The van der Waals surface area contributed by atoms with Crippen molar-refractivity contribution in [2.75, 3.05) is 13.1 Å². The SMILES string of the molecule is CC(C)CCN=C(N)c1ccc(C2=NOC(CC(=O)NCCC(=O)O)C2)cc1. The highest BCUT2D eigenvalue weighted by molar-refractivity contribution is 6.03. The average molecular weight is 388 g/mol. The van der Waals surface area contributed by atoms with Gasteiger partial charge < -0.3 is 21.0 Å². The molecule has 4 N–H and O–H groups in total. The van der Waals surface area contributed by atoms with E-state index in [4.69, 9.17) is 15.7 Å². The second kappa shape index (κ2) is 10.4. The molecule has 1 unspecified atom stereocenters. The first-order valence-corrected chi connectivity index (χ1v) is 9.47. The minimum atomic E-state index is -0.947. The van der Waals surface area contributed by atoms with Gasteiger partial charge in [-0.3, -0.25) is 14.6 Å². The Labute approximate surface area is 164 Å². The number of aliphatic carboxylic acids is 1. The van der Waals surface area contributed by atoms with E-state index in [-0.39, 0.29) is 31.4 Å². The molecule has 1 aromatic carbocycles. The third-order valence-corrected chi connectivity index (χ3v) is 4.31. The molecule has 2 rings (SSSR count). The Balaban J connectivity index is 1.83. The number of aliphatic imine (C=N–C) groups is 1. The number of nitrogens with two attached hydrogens (primary N) is 1. The van der Waals surface area contributed by atoms with Crippen LogP contribution in [0.3, 0.4) is 0 Å². The number of carboxylic acid groups (broad SMARTS) is 1. The van der Waals surface area contributed by atoms with Crippen molar-refractivity contribution in [3.63, 3.8) is 0 Å². The zero-order valence-electron chi connectivity index (χ0n) is 16.4. The molecule has 1 heterocycles. The van der Waals surface area contributed by atoms with Crippen LogP contribution >= 0.6 is 0 Å². The van der Waals surface area contributed by atoms with Crippen LogP contribution in [-0.2, 0) is 14.4 Å². The predicted octanol–water partition coefficient (Wildman–Crippen LogP) is 1.91. The fourth-order valence-electron chi connectivity index (χ4n) is 2.66. The number of nitrogens with zero attached hydrogens (tertiary/aromatic N) is 2. The van der Waals surface area contributed by atoms with E-state index in [2.05, 4.69) is 29.3 Å². The van der Waals surface area contributed by atoms with Crippen LogP contribution in [0.1, 0.15) is 50.7 Å². The minimum absolute atomic E-state index is 0.102. The third kappa shape index (κ3) is 7.02. The normalized spacial score (nSPS) is 16.6. The summed E-state index contributed by atoms with van der Waals surface area (Å²) in [6, 6.07) is 7.63. The van der Waals surface area contributed by atoms with Crippen LogP contribution in [-0.4, -0.2) is 47.7 Å². The van der Waals surface area contributed by atoms with Crippen molar-refractivity contribution >= 4 is 23.4 Å². The van der Waals surface area contributed by atoms with Crippen molar-refractivity contribution in [2.24, 2.45) is 21.8 Å². The number of hydrogen-bond acceptors (Lipinski definition) is 5. The van der Waals surface area contributed by atoms with E-state index >= 15 is 0 Å². The number of rotatable bonds is 10. The highest BCUT2D eigenvalue weighted by atomic mass is 16.6. The molecule has 1 atom stereocenters. The van der Waals surface area contributed by atoms with Gasteiger partial charge in [-0.2, -0.15) is 0 Å². The van der Waals surface area contributed by atoms with Gasteiger partial charge in [0, 0.05) is 25.1 Å². The van der Waals surface area contributed by atoms with Crippen LogP contribution in [0.5, 0.6) is 0 Å². The van der Waals surface area contributed by atoms with E-state index in [1.165, 1.54) is 0 Å². The lowest BCUT2D eigenvalue weighted by molar-refractivity contribution is -0.136. The van der Waals surface area contributed by atoms with E-state index in [1.807, 2.05) is 24.3 Å². The molecule has 1 amide bonds. The van der Waals surface area contributed by atoms with Crippen LogP contribution in [0.4, 0.5) is 0 Å². The van der Waals surface area contributed by atoms with Crippen LogP contribution in [0.2, 0.25) is 0 Å². The first-order chi connectivity index (χ1) is 13.3. The van der Waals surface area contributed by atoms with Crippen LogP contribution in [0, 0.1) is 5.92 Å². The summed E-state index contributed by atoms with van der Waals surface area (Å²) < 4.78 is 0. The van der Waals surface area contributed by atoms with Gasteiger partial charge >= 0.3 is 5.97 Å². The largest absolute Gasteiger partial charge is 0.481 e. The second-order valence-electron chi connectivity index (χ2n) is 7.19. The van der Waals surface area contributed by atoms with Crippen molar-refractivity contribution in [1.82, 2.24) is 5.32 Å². The standard InChI is InChI=1S/C20H28N4O4/c1-13(2)7-9-23-20(21)15-5-3-14(4-6-15)17-11-16(28-24-17)12-18(25)22-10-8-19(26)27/h3-6,13,16H,7-12H2,1-2H3,(H2,21,23)(H,22,25)(H,26,27). The molecule has 0 fully saturated rings. The number of carbonyl (C=O) groups is 2. The number of carboxylic acids is 1. The summed E-state index contributed by atoms with van der Waals surface area (Å²) >= 11 is 0. The quantitative estimate of drug-likeness (QED) is 0.417. The summed E-state index contributed by atoms with van der Waals surface area (Å²) in [6.45, 7) is 5.12. The lowest BCUT2D eigenvalue weighted by Crippen LogP contribution is -2.29. The van der Waals surface area contributed by atoms with Gasteiger partial charge in [0.05, 0.1) is 18.6 Å². The maximum absolute atomic E-state index is 11.8. The Kier molecular flexibility index (Phi) is 7.98. The molecule has 0 aromatic heterocycles. The van der Waals surface area contributed by atoms with Gasteiger partial charge in [-0.25, -0.2) is 0 Å². The topological polar surface area (TPSA) is 126 Å². The summed E-state index contributed by atoms with van der Waals surface area (Å²) in [5.41, 5.74) is 8.57. The van der Waals surface area contributed by atoms with E-state index in [0.717, 1.165) is 23.3 Å². The van der Waals surface area contributed by atoms with Gasteiger partial charge in [-0.05, 0) is 17.9 Å². The molecule has 1 aromatic rings. The molecular formula is C20H28N4O4. The number of hydrogen-bond donors (Lipinski definition) is 3. The Hall–Kier alpha value is -2.90. The molecule has 1 aliphatic heterocycles. The van der Waals surface area contributed by atoms with E-state index in [9.17, 15) is 9.59 Å². The van der Waals surface area contributed by atoms with Crippen molar-refractivity contribution in [3.05, 3.63) is 35.4 Å². The summed E-state index contributed by atoms with van der Waals surface area (Å²) in [7, 11) is 0. The van der Waals surface area contributed by atoms with Crippen LogP contribution < -0.4 is 11.1 Å². The maximum Gasteiger partial charge on any atom is 0.305 e. The lowest BCUT2D eigenvalue weighted by Gasteiger charge is -2.08. The third-order valence-electron chi connectivity index (χ3n) is 4.31. The molecule has 0 saturated carbocycles. The summed E-state index contributed by atoms with van der Waals surface area (Å²) in [4.78, 5) is 32.0. The predicted molar refractivity (Wildman–Crippen MR) is 107 cm³/mol. The van der Waals surface area contributed by atoms with Gasteiger partial charge in [-0.1, -0.05) is 43.3 Å². The number of carbonyl (C=O) groups excluding carboxylic acids is 1. The van der Waals surface area contributed by atoms with Crippen molar-refractivity contribution < 1.29 is 19.5 Å². The molecule has 0 saturated heterocycles. The fourth-order valence-corrected chi connectivity index (χ4v) is 2.66. The Morgan fingerprint density at radius 1 is 1.36 bits per heavy atom. The van der Waals surface area contributed by atoms with Crippen molar-refractivity contribution in [1.29, 1.82) is 0 Å². The van der Waals surface area contributed by atoms with Crippen LogP contribution in [0.15, 0.2) is 34.4 Å². The van der Waals surface area contributed by atoms with E-state index in [1.54, 1.807) is 0 Å². The summed E-state index contributed by atoms with van der Waals surface area (Å²) in [5, 5.41) is 15.2. The number of nitrogens with one attached hydrogen (secondary N) is 1. The van der Waals surface area contributed by atoms with E-state index in [0.29, 0.717) is 24.7 Å². The van der Waals surface area contributed by atoms with Gasteiger partial charge in [0.2, 0.25) is 5.91 Å². The minimum Gasteiger partial charge on any atom is -0.481 e. The van der Waals surface area contributed by atoms with Gasteiger partial charge in [0.25, 0.3) is 0 Å². The first-order valence-electron chi connectivity index (χ1n) is 9.47. The highest BCUT2D eigenvalue weighted by Crippen LogP contribution is 2.19. The molecule has 0 radical (unpaired) electrons. The molecule has 8 heteroatoms. The van der Waals surface area contributed by atoms with Gasteiger partial charge in [0.1, 0.15) is 11.9 Å². The number of oxime groups is 1. The zero-order chi connectivity index (χ0) is 20.5. The first kappa shape index (κ1) is 21.4. The van der Waals surface area contributed by atoms with Crippen molar-refractivity contribution in [3.8, 4) is 0 Å². The second-order valence-corrected chi connectivity index (χ2v) is 7.19. The Bertz CT molecular complexity index is 741. The average Bonchev–Trinajstić information content (AvgIpc) is 3.09. The molecule has 8 nitrogen and oxygen atoms in total. The molecule has 0 bridgehead atoms. The van der Waals surface area contributed by atoms with Gasteiger partial charge in [0.15, 0.2) is 0 Å².